The molecule has 0 aliphatic rings. The SMILES string of the molecule is CCC(C)[C@H](O)[C@H](N)c1cc(O)ccc1[N+](=O)[O-].Cl. The molecular formula is C12H19ClN2O4. The number of hydrogen-bond acceptors (Lipinski definition) is 5. The van der Waals surface area contributed by atoms with Crippen molar-refractivity contribution in [2.75, 3.05) is 0 Å². The summed E-state index contributed by atoms with van der Waals surface area (Å²) in [6.45, 7) is 3.72. The Kier molecular flexibility index (Phi) is 6.75. The van der Waals surface area contributed by atoms with Crippen molar-refractivity contribution in [3.05, 3.63) is 33.9 Å². The molecule has 1 aromatic carbocycles. The molecule has 0 heterocycles. The lowest BCUT2D eigenvalue weighted by atomic mass is 9.91. The number of hydrogen-bond donors (Lipinski definition) is 3. The van der Waals surface area contributed by atoms with Gasteiger partial charge in [0.1, 0.15) is 5.75 Å². The summed E-state index contributed by atoms with van der Waals surface area (Å²) in [5.41, 5.74) is 5.81. The number of aliphatic hydroxyl groups excluding tert-OH is 1. The number of rotatable bonds is 5. The van der Waals surface area contributed by atoms with E-state index in [9.17, 15) is 20.3 Å². The highest BCUT2D eigenvalue weighted by Gasteiger charge is 2.28. The van der Waals surface area contributed by atoms with Gasteiger partial charge < -0.3 is 15.9 Å². The first-order valence-electron chi connectivity index (χ1n) is 5.79. The molecule has 0 saturated carbocycles. The quantitative estimate of drug-likeness (QED) is 0.568. The first-order chi connectivity index (χ1) is 8.38. The van der Waals surface area contributed by atoms with E-state index in [0.717, 1.165) is 0 Å². The van der Waals surface area contributed by atoms with E-state index < -0.39 is 17.1 Å². The first-order valence-corrected chi connectivity index (χ1v) is 5.79. The monoisotopic (exact) mass is 290 g/mol. The van der Waals surface area contributed by atoms with Gasteiger partial charge in [0.15, 0.2) is 0 Å². The van der Waals surface area contributed by atoms with Gasteiger partial charge in [-0.15, -0.1) is 12.4 Å². The molecule has 0 radical (unpaired) electrons. The molecule has 0 aromatic heterocycles. The van der Waals surface area contributed by atoms with Gasteiger partial charge in [0.05, 0.1) is 22.6 Å². The van der Waals surface area contributed by atoms with Gasteiger partial charge in [-0.05, 0) is 18.1 Å². The average molecular weight is 291 g/mol. The smallest absolute Gasteiger partial charge is 0.274 e. The lowest BCUT2D eigenvalue weighted by molar-refractivity contribution is -0.385. The molecule has 0 spiro atoms. The molecule has 3 atom stereocenters. The van der Waals surface area contributed by atoms with Gasteiger partial charge in [0, 0.05) is 6.07 Å². The molecule has 0 aliphatic carbocycles. The summed E-state index contributed by atoms with van der Waals surface area (Å²) < 4.78 is 0. The first kappa shape index (κ1) is 17.6. The minimum atomic E-state index is -0.896. The van der Waals surface area contributed by atoms with Gasteiger partial charge in [-0.1, -0.05) is 20.3 Å². The van der Waals surface area contributed by atoms with Gasteiger partial charge in [-0.25, -0.2) is 0 Å². The Hall–Kier alpha value is -1.37. The van der Waals surface area contributed by atoms with Gasteiger partial charge >= 0.3 is 0 Å². The number of aromatic hydroxyl groups is 1. The van der Waals surface area contributed by atoms with Crippen LogP contribution in [0, 0.1) is 16.0 Å². The molecule has 1 unspecified atom stereocenters. The maximum Gasteiger partial charge on any atom is 0.274 e. The van der Waals surface area contributed by atoms with Crippen LogP contribution < -0.4 is 5.73 Å². The Balaban J connectivity index is 0.00000324. The topological polar surface area (TPSA) is 110 Å². The number of halogens is 1. The third-order valence-corrected chi connectivity index (χ3v) is 3.16. The van der Waals surface area contributed by atoms with Crippen LogP contribution in [0.5, 0.6) is 5.75 Å². The Morgan fingerprint density at radius 1 is 1.47 bits per heavy atom. The highest BCUT2D eigenvalue weighted by atomic mass is 35.5. The van der Waals surface area contributed by atoms with Crippen molar-refractivity contribution >= 4 is 18.1 Å². The summed E-state index contributed by atoms with van der Waals surface area (Å²) >= 11 is 0. The van der Waals surface area contributed by atoms with E-state index in [1.165, 1.54) is 18.2 Å². The van der Waals surface area contributed by atoms with E-state index in [1.54, 1.807) is 0 Å². The summed E-state index contributed by atoms with van der Waals surface area (Å²) in [7, 11) is 0. The zero-order valence-corrected chi connectivity index (χ0v) is 11.6. The second kappa shape index (κ2) is 7.28. The van der Waals surface area contributed by atoms with Crippen LogP contribution in [0.25, 0.3) is 0 Å². The second-order valence-electron chi connectivity index (χ2n) is 4.40. The van der Waals surface area contributed by atoms with Crippen LogP contribution in [0.3, 0.4) is 0 Å². The van der Waals surface area contributed by atoms with Crippen LogP contribution in [0.2, 0.25) is 0 Å². The third-order valence-electron chi connectivity index (χ3n) is 3.16. The lowest BCUT2D eigenvalue weighted by Crippen LogP contribution is -2.32. The summed E-state index contributed by atoms with van der Waals surface area (Å²) in [5, 5.41) is 30.3. The van der Waals surface area contributed by atoms with Gasteiger partial charge in [0.25, 0.3) is 5.69 Å². The zero-order chi connectivity index (χ0) is 13.9. The van der Waals surface area contributed by atoms with Crippen molar-refractivity contribution in [1.29, 1.82) is 0 Å². The lowest BCUT2D eigenvalue weighted by Gasteiger charge is -2.24. The largest absolute Gasteiger partial charge is 0.508 e. The van der Waals surface area contributed by atoms with Crippen LogP contribution in [-0.4, -0.2) is 21.2 Å². The van der Waals surface area contributed by atoms with E-state index in [0.29, 0.717) is 6.42 Å². The second-order valence-corrected chi connectivity index (χ2v) is 4.40. The van der Waals surface area contributed by atoms with E-state index >= 15 is 0 Å². The molecule has 7 heteroatoms. The van der Waals surface area contributed by atoms with E-state index in [2.05, 4.69) is 0 Å². The molecule has 4 N–H and O–H groups in total. The maximum atomic E-state index is 10.9. The van der Waals surface area contributed by atoms with Gasteiger partial charge in [-0.3, -0.25) is 10.1 Å². The number of phenolic OH excluding ortho intramolecular Hbond substituents is 1. The number of nitrogens with two attached hydrogens (primary N) is 1. The van der Waals surface area contributed by atoms with E-state index in [4.69, 9.17) is 5.73 Å². The maximum absolute atomic E-state index is 10.9. The Bertz CT molecular complexity index is 442. The normalized spacial score (nSPS) is 15.2. The fraction of sp³-hybridized carbons (Fsp3) is 0.500. The van der Waals surface area contributed by atoms with Gasteiger partial charge in [-0.2, -0.15) is 0 Å². The highest BCUT2D eigenvalue weighted by molar-refractivity contribution is 5.85. The standard InChI is InChI=1S/C12H18N2O4.ClH/c1-3-7(2)12(16)11(13)9-6-8(15)4-5-10(9)14(17)18;/h4-7,11-12,15-16H,3,13H2,1-2H3;1H/t7?,11-,12+;/m1./s1. The molecular weight excluding hydrogens is 272 g/mol. The molecule has 6 nitrogen and oxygen atoms in total. The summed E-state index contributed by atoms with van der Waals surface area (Å²) in [6, 6.07) is 2.75. The van der Waals surface area contributed by atoms with Crippen molar-refractivity contribution in [2.45, 2.75) is 32.4 Å². The minimum absolute atomic E-state index is 0. The van der Waals surface area contributed by atoms with Crippen LogP contribution in [0.1, 0.15) is 31.9 Å². The molecule has 1 aromatic rings. The predicted octanol–water partition coefficient (Wildman–Crippen LogP) is 2.13. The Labute approximate surface area is 117 Å². The molecule has 0 amide bonds. The molecule has 0 fully saturated rings. The molecule has 1 rings (SSSR count). The van der Waals surface area contributed by atoms with Crippen molar-refractivity contribution in [3.63, 3.8) is 0 Å². The predicted molar refractivity (Wildman–Crippen MR) is 74.4 cm³/mol. The van der Waals surface area contributed by atoms with Crippen molar-refractivity contribution < 1.29 is 15.1 Å². The number of nitro benzene ring substituents is 1. The van der Waals surface area contributed by atoms with E-state index in [-0.39, 0.29) is 35.3 Å². The Morgan fingerprint density at radius 2 is 2.05 bits per heavy atom. The number of benzene rings is 1. The van der Waals surface area contributed by atoms with Crippen molar-refractivity contribution in [3.8, 4) is 5.75 Å². The fourth-order valence-electron chi connectivity index (χ4n) is 1.75. The summed E-state index contributed by atoms with van der Waals surface area (Å²) in [6.07, 6.45) is -0.183. The number of aliphatic hydroxyl groups is 1. The van der Waals surface area contributed by atoms with E-state index in [1.807, 2.05) is 13.8 Å². The Morgan fingerprint density at radius 3 is 2.53 bits per heavy atom. The molecule has 0 bridgehead atoms. The summed E-state index contributed by atoms with van der Waals surface area (Å²) in [5.74, 6) is -0.190. The van der Waals surface area contributed by atoms with Crippen LogP contribution in [0.4, 0.5) is 5.69 Å². The average Bonchev–Trinajstić information content (AvgIpc) is 2.35. The third kappa shape index (κ3) is 4.05. The van der Waals surface area contributed by atoms with Crippen LogP contribution in [-0.2, 0) is 0 Å². The highest BCUT2D eigenvalue weighted by Crippen LogP contribution is 2.31. The van der Waals surface area contributed by atoms with Crippen molar-refractivity contribution in [2.24, 2.45) is 11.7 Å². The minimum Gasteiger partial charge on any atom is -0.508 e. The molecule has 0 saturated heterocycles. The van der Waals surface area contributed by atoms with Crippen LogP contribution in [0.15, 0.2) is 18.2 Å². The molecule has 19 heavy (non-hydrogen) atoms. The van der Waals surface area contributed by atoms with Crippen molar-refractivity contribution in [1.82, 2.24) is 0 Å². The zero-order valence-electron chi connectivity index (χ0n) is 10.8. The summed E-state index contributed by atoms with van der Waals surface area (Å²) in [4.78, 5) is 10.3. The molecule has 0 aliphatic heterocycles. The van der Waals surface area contributed by atoms with Crippen LogP contribution >= 0.6 is 12.4 Å². The molecule has 108 valence electrons. The number of nitrogens with zero attached hydrogens (tertiary/aromatic N) is 1. The number of nitro groups is 1. The van der Waals surface area contributed by atoms with Gasteiger partial charge in [0.2, 0.25) is 0 Å². The fourth-order valence-corrected chi connectivity index (χ4v) is 1.75. The number of phenols is 1.